The zero-order valence-corrected chi connectivity index (χ0v) is 15.0. The molecule has 0 amide bonds. The van der Waals surface area contributed by atoms with Crippen molar-refractivity contribution in [2.75, 3.05) is 20.7 Å². The summed E-state index contributed by atoms with van der Waals surface area (Å²) < 4.78 is 5.43. The molecule has 1 aromatic carbocycles. The van der Waals surface area contributed by atoms with Crippen LogP contribution >= 0.6 is 11.3 Å². The van der Waals surface area contributed by atoms with Crippen LogP contribution in [0.4, 0.5) is 0 Å². The zero-order valence-electron chi connectivity index (χ0n) is 14.1. The maximum absolute atomic E-state index is 5.43. The average Bonchev–Trinajstić information content (AvgIpc) is 2.96. The minimum absolute atomic E-state index is 0.666. The number of benzene rings is 1. The fraction of sp³-hybridized carbons (Fsp3) is 0.412. The van der Waals surface area contributed by atoms with Gasteiger partial charge in [0.15, 0.2) is 5.96 Å². The number of hydrogen-bond donors (Lipinski definition) is 2. The van der Waals surface area contributed by atoms with Crippen molar-refractivity contribution < 1.29 is 4.74 Å². The van der Waals surface area contributed by atoms with Crippen LogP contribution in [0, 0.1) is 13.8 Å². The SMILES string of the molecule is CN=C(NCCc1csc(C)n1)NCc1ccc(C)cc1OC. The smallest absolute Gasteiger partial charge is 0.191 e. The molecule has 5 nitrogen and oxygen atoms in total. The standard InChI is InChI=1S/C17H24N4OS/c1-12-5-6-14(16(9-12)22-4)10-20-17(18-3)19-8-7-15-11-23-13(2)21-15/h5-6,9,11H,7-8,10H2,1-4H3,(H2,18,19,20). The van der Waals surface area contributed by atoms with Crippen LogP contribution in [0.25, 0.3) is 0 Å². The average molecular weight is 332 g/mol. The van der Waals surface area contributed by atoms with Gasteiger partial charge in [0, 0.05) is 37.5 Å². The van der Waals surface area contributed by atoms with Crippen molar-refractivity contribution in [1.29, 1.82) is 0 Å². The molecule has 6 heteroatoms. The summed E-state index contributed by atoms with van der Waals surface area (Å²) in [6.45, 7) is 5.55. The Morgan fingerprint density at radius 2 is 2.13 bits per heavy atom. The molecule has 0 aliphatic carbocycles. The number of methoxy groups -OCH3 is 1. The lowest BCUT2D eigenvalue weighted by Crippen LogP contribution is -2.37. The van der Waals surface area contributed by atoms with Gasteiger partial charge in [0.2, 0.25) is 0 Å². The molecule has 1 heterocycles. The number of ether oxygens (including phenoxy) is 1. The molecule has 0 radical (unpaired) electrons. The molecule has 0 saturated heterocycles. The molecule has 23 heavy (non-hydrogen) atoms. The topological polar surface area (TPSA) is 58.5 Å². The lowest BCUT2D eigenvalue weighted by atomic mass is 10.1. The summed E-state index contributed by atoms with van der Waals surface area (Å²) in [6.07, 6.45) is 0.888. The Morgan fingerprint density at radius 1 is 1.30 bits per heavy atom. The Bertz CT molecular complexity index is 666. The quantitative estimate of drug-likeness (QED) is 0.631. The van der Waals surface area contributed by atoms with E-state index in [1.807, 2.05) is 13.0 Å². The predicted octanol–water partition coefficient (Wildman–Crippen LogP) is 2.68. The van der Waals surface area contributed by atoms with Crippen molar-refractivity contribution in [3.05, 3.63) is 45.4 Å². The minimum atomic E-state index is 0.666. The second kappa shape index (κ2) is 8.53. The second-order valence-electron chi connectivity index (χ2n) is 5.28. The van der Waals surface area contributed by atoms with Gasteiger partial charge in [0.1, 0.15) is 5.75 Å². The fourth-order valence-corrected chi connectivity index (χ4v) is 2.88. The minimum Gasteiger partial charge on any atom is -0.496 e. The molecule has 0 aliphatic rings. The summed E-state index contributed by atoms with van der Waals surface area (Å²) in [5, 5.41) is 9.83. The van der Waals surface area contributed by atoms with Crippen molar-refractivity contribution >= 4 is 17.3 Å². The summed E-state index contributed by atoms with van der Waals surface area (Å²) in [4.78, 5) is 8.71. The molecule has 1 aromatic heterocycles. The number of aliphatic imine (C=N–C) groups is 1. The van der Waals surface area contributed by atoms with E-state index in [0.717, 1.165) is 40.9 Å². The molecule has 0 fully saturated rings. The monoisotopic (exact) mass is 332 g/mol. The second-order valence-corrected chi connectivity index (χ2v) is 6.34. The molecule has 0 spiro atoms. The summed E-state index contributed by atoms with van der Waals surface area (Å²) in [5.41, 5.74) is 3.42. The Kier molecular flexibility index (Phi) is 6.40. The maximum atomic E-state index is 5.43. The Balaban J connectivity index is 1.83. The van der Waals surface area contributed by atoms with E-state index in [1.54, 1.807) is 25.5 Å². The van der Waals surface area contributed by atoms with Crippen molar-refractivity contribution in [2.24, 2.45) is 4.99 Å². The molecule has 0 unspecified atom stereocenters. The number of thiazole rings is 1. The van der Waals surface area contributed by atoms with Crippen molar-refractivity contribution in [2.45, 2.75) is 26.8 Å². The third-order valence-electron chi connectivity index (χ3n) is 3.45. The first kappa shape index (κ1) is 17.3. The number of hydrogen-bond acceptors (Lipinski definition) is 4. The van der Waals surface area contributed by atoms with Crippen LogP contribution in [0.1, 0.15) is 21.8 Å². The summed E-state index contributed by atoms with van der Waals surface area (Å²) in [7, 11) is 3.47. The lowest BCUT2D eigenvalue weighted by molar-refractivity contribution is 0.408. The number of guanidine groups is 1. The van der Waals surface area contributed by atoms with Crippen LogP contribution in [0.2, 0.25) is 0 Å². The van der Waals surface area contributed by atoms with Gasteiger partial charge in [-0.25, -0.2) is 4.98 Å². The molecule has 0 atom stereocenters. The fourth-order valence-electron chi connectivity index (χ4n) is 2.23. The number of aryl methyl sites for hydroxylation is 2. The summed E-state index contributed by atoms with van der Waals surface area (Å²) in [5.74, 6) is 1.67. The van der Waals surface area contributed by atoms with Gasteiger partial charge in [-0.15, -0.1) is 11.3 Å². The largest absolute Gasteiger partial charge is 0.496 e. The first-order valence-corrected chi connectivity index (χ1v) is 8.49. The van der Waals surface area contributed by atoms with Gasteiger partial charge in [-0.05, 0) is 25.5 Å². The van der Waals surface area contributed by atoms with E-state index in [-0.39, 0.29) is 0 Å². The molecular weight excluding hydrogens is 308 g/mol. The first-order valence-electron chi connectivity index (χ1n) is 7.61. The molecule has 0 aliphatic heterocycles. The van der Waals surface area contributed by atoms with Crippen LogP contribution in [0.15, 0.2) is 28.6 Å². The van der Waals surface area contributed by atoms with E-state index in [9.17, 15) is 0 Å². The number of aromatic nitrogens is 1. The van der Waals surface area contributed by atoms with Crippen LogP contribution in [-0.4, -0.2) is 31.6 Å². The third kappa shape index (κ3) is 5.25. The van der Waals surface area contributed by atoms with E-state index < -0.39 is 0 Å². The van der Waals surface area contributed by atoms with Crippen molar-refractivity contribution in [3.63, 3.8) is 0 Å². The van der Waals surface area contributed by atoms with Gasteiger partial charge in [-0.2, -0.15) is 0 Å². The molecule has 2 rings (SSSR count). The van der Waals surface area contributed by atoms with Crippen molar-refractivity contribution in [1.82, 2.24) is 15.6 Å². The Labute approximate surface area is 141 Å². The van der Waals surface area contributed by atoms with Crippen LogP contribution in [0.5, 0.6) is 5.75 Å². The van der Waals surface area contributed by atoms with E-state index in [4.69, 9.17) is 4.74 Å². The normalized spacial score (nSPS) is 11.4. The summed E-state index contributed by atoms with van der Waals surface area (Å²) in [6, 6.07) is 6.20. The highest BCUT2D eigenvalue weighted by Crippen LogP contribution is 2.19. The molecule has 124 valence electrons. The van der Waals surface area contributed by atoms with E-state index in [1.165, 1.54) is 5.56 Å². The highest BCUT2D eigenvalue weighted by atomic mass is 32.1. The third-order valence-corrected chi connectivity index (χ3v) is 4.27. The van der Waals surface area contributed by atoms with Gasteiger partial charge in [0.25, 0.3) is 0 Å². The molecule has 2 N–H and O–H groups in total. The molecular formula is C17H24N4OS. The number of rotatable bonds is 6. The van der Waals surface area contributed by atoms with Gasteiger partial charge < -0.3 is 15.4 Å². The Morgan fingerprint density at radius 3 is 2.78 bits per heavy atom. The van der Waals surface area contributed by atoms with Gasteiger partial charge in [-0.1, -0.05) is 12.1 Å². The lowest BCUT2D eigenvalue weighted by Gasteiger charge is -2.14. The number of nitrogens with one attached hydrogen (secondary N) is 2. The first-order chi connectivity index (χ1) is 11.1. The molecule has 0 bridgehead atoms. The predicted molar refractivity (Wildman–Crippen MR) is 96.5 cm³/mol. The van der Waals surface area contributed by atoms with Crippen LogP contribution in [0.3, 0.4) is 0 Å². The van der Waals surface area contributed by atoms with Gasteiger partial charge in [0.05, 0.1) is 17.8 Å². The maximum Gasteiger partial charge on any atom is 0.191 e. The molecule has 2 aromatic rings. The van der Waals surface area contributed by atoms with Gasteiger partial charge >= 0.3 is 0 Å². The Hall–Kier alpha value is -2.08. The summed E-state index contributed by atoms with van der Waals surface area (Å²) >= 11 is 1.68. The van der Waals surface area contributed by atoms with Gasteiger partial charge in [-0.3, -0.25) is 4.99 Å². The number of nitrogens with zero attached hydrogens (tertiary/aromatic N) is 2. The van der Waals surface area contributed by atoms with Crippen LogP contribution in [-0.2, 0) is 13.0 Å². The van der Waals surface area contributed by atoms with Crippen LogP contribution < -0.4 is 15.4 Å². The molecule has 0 saturated carbocycles. The van der Waals surface area contributed by atoms with Crippen molar-refractivity contribution in [3.8, 4) is 5.75 Å². The highest BCUT2D eigenvalue weighted by molar-refractivity contribution is 7.09. The highest BCUT2D eigenvalue weighted by Gasteiger charge is 2.05. The van der Waals surface area contributed by atoms with E-state index in [2.05, 4.69) is 45.0 Å². The van der Waals surface area contributed by atoms with E-state index in [0.29, 0.717) is 6.54 Å². The zero-order chi connectivity index (χ0) is 16.7. The van der Waals surface area contributed by atoms with E-state index >= 15 is 0 Å².